The van der Waals surface area contributed by atoms with E-state index in [2.05, 4.69) is 27.7 Å². The zero-order chi connectivity index (χ0) is 31.6. The maximum absolute atomic E-state index is 12.2. The first-order valence-electron chi connectivity index (χ1n) is 17.6. The second-order valence-corrected chi connectivity index (χ2v) is 13.1. The third-order valence-corrected chi connectivity index (χ3v) is 8.50. The highest BCUT2D eigenvalue weighted by atomic mass is 16.6. The van der Waals surface area contributed by atoms with Crippen LogP contribution < -0.4 is 0 Å². The van der Waals surface area contributed by atoms with Crippen molar-refractivity contribution >= 4 is 23.9 Å². The molecule has 0 amide bonds. The fraction of sp³-hybridized carbons (Fsp3) is 0.889. The zero-order valence-electron chi connectivity index (χ0n) is 28.3. The lowest BCUT2D eigenvalue weighted by atomic mass is 9.97. The third-order valence-electron chi connectivity index (χ3n) is 8.50. The van der Waals surface area contributed by atoms with Gasteiger partial charge in [-0.2, -0.15) is 0 Å². The Balaban J connectivity index is 3.86. The summed E-state index contributed by atoms with van der Waals surface area (Å²) in [6.07, 6.45) is 22.6. The van der Waals surface area contributed by atoms with Gasteiger partial charge in [0, 0.05) is 0 Å². The van der Waals surface area contributed by atoms with Gasteiger partial charge < -0.3 is 9.47 Å². The van der Waals surface area contributed by atoms with E-state index in [1.165, 1.54) is 89.9 Å². The topological polar surface area (TPSA) is 86.7 Å². The van der Waals surface area contributed by atoms with Gasteiger partial charge in [0.1, 0.15) is 0 Å². The summed E-state index contributed by atoms with van der Waals surface area (Å²) >= 11 is 0. The molecule has 0 saturated carbocycles. The Morgan fingerprint density at radius 1 is 0.429 bits per heavy atom. The molecule has 0 fully saturated rings. The van der Waals surface area contributed by atoms with E-state index in [1.807, 2.05) is 0 Å². The molecule has 0 radical (unpaired) electrons. The lowest BCUT2D eigenvalue weighted by molar-refractivity contribution is -0.167. The molecule has 0 N–H and O–H groups in total. The monoisotopic (exact) mass is 594 g/mol. The van der Waals surface area contributed by atoms with Gasteiger partial charge in [0.2, 0.25) is 0 Å². The van der Waals surface area contributed by atoms with Crippen LogP contribution >= 0.6 is 0 Å². The summed E-state index contributed by atoms with van der Waals surface area (Å²) in [6, 6.07) is 0. The number of carbonyl (C=O) groups excluding carboxylic acids is 4. The third kappa shape index (κ3) is 23.8. The maximum atomic E-state index is 12.2. The minimum atomic E-state index is -0.749. The van der Waals surface area contributed by atoms with Crippen LogP contribution in [0.4, 0.5) is 0 Å². The van der Waals surface area contributed by atoms with Crippen LogP contribution in [-0.2, 0) is 28.7 Å². The second kappa shape index (κ2) is 26.9. The van der Waals surface area contributed by atoms with E-state index in [9.17, 15) is 19.2 Å². The first-order valence-corrected chi connectivity index (χ1v) is 17.6. The van der Waals surface area contributed by atoms with Gasteiger partial charge in [-0.1, -0.05) is 157 Å². The van der Waals surface area contributed by atoms with Gasteiger partial charge in [0.15, 0.2) is 0 Å². The highest BCUT2D eigenvalue weighted by Gasteiger charge is 2.21. The van der Waals surface area contributed by atoms with Crippen LogP contribution in [0.3, 0.4) is 0 Å². The Bertz CT molecular complexity index is 658. The number of unbranched alkanes of at least 4 members (excludes halogenated alkanes) is 10. The van der Waals surface area contributed by atoms with Crippen LogP contribution in [0.1, 0.15) is 183 Å². The van der Waals surface area contributed by atoms with Gasteiger partial charge in [-0.05, 0) is 24.7 Å². The van der Waals surface area contributed by atoms with Gasteiger partial charge in [-0.15, -0.1) is 0 Å². The minimum absolute atomic E-state index is 0.271. The number of hydrogen-bond acceptors (Lipinski definition) is 6. The Labute approximate surface area is 258 Å². The Morgan fingerprint density at radius 2 is 0.714 bits per heavy atom. The molecule has 0 aliphatic carbocycles. The van der Waals surface area contributed by atoms with Gasteiger partial charge in [-0.3, -0.25) is 19.2 Å². The highest BCUT2D eigenvalue weighted by molar-refractivity contribution is 5.90. The molecule has 246 valence electrons. The molecule has 0 aromatic carbocycles. The molecule has 0 bridgehead atoms. The van der Waals surface area contributed by atoms with E-state index in [4.69, 9.17) is 9.47 Å². The second-order valence-electron chi connectivity index (χ2n) is 13.1. The summed E-state index contributed by atoms with van der Waals surface area (Å²) < 4.78 is 9.84. The van der Waals surface area contributed by atoms with Crippen molar-refractivity contribution in [2.24, 2.45) is 23.7 Å². The van der Waals surface area contributed by atoms with Crippen molar-refractivity contribution in [1.29, 1.82) is 0 Å². The normalized spacial score (nSPS) is 14.1. The molecule has 0 rings (SSSR count). The van der Waals surface area contributed by atoms with E-state index in [-0.39, 0.29) is 24.7 Å². The van der Waals surface area contributed by atoms with Gasteiger partial charge >= 0.3 is 23.9 Å². The average Bonchev–Trinajstić information content (AvgIpc) is 2.94. The Hall–Kier alpha value is -1.72. The maximum Gasteiger partial charge on any atom is 0.316 e. The lowest BCUT2D eigenvalue weighted by Crippen LogP contribution is -2.22. The molecule has 0 aromatic rings. The minimum Gasteiger partial charge on any atom is -0.393 e. The molecule has 0 saturated heterocycles. The summed E-state index contributed by atoms with van der Waals surface area (Å²) in [5, 5.41) is 0. The Kier molecular flexibility index (Phi) is 25.8. The van der Waals surface area contributed by atoms with Crippen LogP contribution in [0.15, 0.2) is 0 Å². The molecule has 0 aromatic heterocycles. The molecule has 4 unspecified atom stereocenters. The Morgan fingerprint density at radius 3 is 1.02 bits per heavy atom. The number of hydrogen-bond donors (Lipinski definition) is 0. The van der Waals surface area contributed by atoms with E-state index in [1.54, 1.807) is 13.8 Å². The molecule has 0 aliphatic rings. The fourth-order valence-corrected chi connectivity index (χ4v) is 5.54. The summed E-state index contributed by atoms with van der Waals surface area (Å²) in [5.74, 6) is -1.64. The van der Waals surface area contributed by atoms with Crippen molar-refractivity contribution in [1.82, 2.24) is 0 Å². The molecule has 0 aliphatic heterocycles. The van der Waals surface area contributed by atoms with Crippen LogP contribution in [0, 0.1) is 23.7 Å². The molecule has 4 atom stereocenters. The molecule has 42 heavy (non-hydrogen) atoms. The predicted molar refractivity (Wildman–Crippen MR) is 172 cm³/mol. The van der Waals surface area contributed by atoms with E-state index < -0.39 is 23.9 Å². The summed E-state index contributed by atoms with van der Waals surface area (Å²) in [6.45, 7) is 12.7. The van der Waals surface area contributed by atoms with Crippen molar-refractivity contribution in [2.45, 2.75) is 183 Å². The fourth-order valence-electron chi connectivity index (χ4n) is 5.54. The first-order chi connectivity index (χ1) is 20.1. The van der Waals surface area contributed by atoms with Crippen molar-refractivity contribution in [2.75, 3.05) is 0 Å². The standard InChI is InChI=1S/C36H66O6/c1-7-21-29(3)23-17-13-9-11-15-19-25-31(5)35(39)41-33(37)27-28-34(38)42-36(40)32(6)26-20-16-12-10-14-18-24-30(4)22-8-2/h29-32H,7-28H2,1-6H3. The smallest absolute Gasteiger partial charge is 0.316 e. The molecule has 0 heterocycles. The van der Waals surface area contributed by atoms with Crippen LogP contribution in [0.5, 0.6) is 0 Å². The van der Waals surface area contributed by atoms with Crippen molar-refractivity contribution in [3.63, 3.8) is 0 Å². The van der Waals surface area contributed by atoms with Crippen LogP contribution in [-0.4, -0.2) is 23.9 Å². The number of esters is 4. The van der Waals surface area contributed by atoms with Crippen molar-refractivity contribution in [3.05, 3.63) is 0 Å². The largest absolute Gasteiger partial charge is 0.393 e. The highest BCUT2D eigenvalue weighted by Crippen LogP contribution is 2.19. The lowest BCUT2D eigenvalue weighted by Gasteiger charge is -2.11. The van der Waals surface area contributed by atoms with Crippen molar-refractivity contribution in [3.8, 4) is 0 Å². The number of ether oxygens (including phenoxy) is 2. The first kappa shape index (κ1) is 40.3. The summed E-state index contributed by atoms with van der Waals surface area (Å²) in [7, 11) is 0. The number of carbonyl (C=O) groups is 4. The predicted octanol–water partition coefficient (Wildman–Crippen LogP) is 10.3. The van der Waals surface area contributed by atoms with E-state index >= 15 is 0 Å². The van der Waals surface area contributed by atoms with Gasteiger partial charge in [0.05, 0.1) is 24.7 Å². The molecule has 6 heteroatoms. The van der Waals surface area contributed by atoms with Gasteiger partial charge in [-0.25, -0.2) is 0 Å². The molecule has 0 spiro atoms. The van der Waals surface area contributed by atoms with Crippen molar-refractivity contribution < 1.29 is 28.7 Å². The van der Waals surface area contributed by atoms with E-state index in [0.717, 1.165) is 37.5 Å². The molecular weight excluding hydrogens is 528 g/mol. The van der Waals surface area contributed by atoms with Gasteiger partial charge in [0.25, 0.3) is 0 Å². The molecule has 6 nitrogen and oxygen atoms in total. The number of rotatable bonds is 27. The molecular formula is C36H66O6. The zero-order valence-corrected chi connectivity index (χ0v) is 28.3. The summed E-state index contributed by atoms with van der Waals surface area (Å²) in [5.41, 5.74) is 0. The summed E-state index contributed by atoms with van der Waals surface area (Å²) in [4.78, 5) is 48.5. The SMILES string of the molecule is CCCC(C)CCCCCCCCC(C)C(=O)OC(=O)CCC(=O)OC(=O)C(C)CCCCCCCCC(C)CCC. The quantitative estimate of drug-likeness (QED) is 0.0534. The average molecular weight is 595 g/mol. The van der Waals surface area contributed by atoms with Crippen LogP contribution in [0.2, 0.25) is 0 Å². The van der Waals surface area contributed by atoms with Crippen LogP contribution in [0.25, 0.3) is 0 Å². The van der Waals surface area contributed by atoms with E-state index in [0.29, 0.717) is 12.8 Å².